The fourth-order valence-electron chi connectivity index (χ4n) is 3.35. The molecule has 3 aromatic rings. The highest BCUT2D eigenvalue weighted by Crippen LogP contribution is 2.30. The molecule has 2 aromatic carbocycles. The van der Waals surface area contributed by atoms with E-state index >= 15 is 0 Å². The summed E-state index contributed by atoms with van der Waals surface area (Å²) in [6.45, 7) is 2.48. The Bertz CT molecular complexity index is 1090. The molecule has 0 radical (unpaired) electrons. The van der Waals surface area contributed by atoms with E-state index in [2.05, 4.69) is 10.6 Å². The Morgan fingerprint density at radius 1 is 1.13 bits per heavy atom. The second-order valence-electron chi connectivity index (χ2n) is 6.69. The number of fused-ring (bicyclic) bond motifs is 1. The van der Waals surface area contributed by atoms with Gasteiger partial charge in [-0.05, 0) is 55.0 Å². The summed E-state index contributed by atoms with van der Waals surface area (Å²) < 4.78 is 6.94. The van der Waals surface area contributed by atoms with Crippen LogP contribution in [0.3, 0.4) is 0 Å². The van der Waals surface area contributed by atoms with Crippen LogP contribution in [0.15, 0.2) is 42.5 Å². The number of methoxy groups -OCH3 is 1. The highest BCUT2D eigenvalue weighted by Gasteiger charge is 2.22. The minimum Gasteiger partial charge on any atom is -0.497 e. The van der Waals surface area contributed by atoms with Crippen molar-refractivity contribution in [2.75, 3.05) is 20.2 Å². The predicted octanol–water partition coefficient (Wildman–Crippen LogP) is 2.70. The number of amides is 2. The standard InChI is InChI=1S/C22H22ClN3O4/c1-14-18(12-21(28)25-10-9-24-13-27)19-11-17(30-2)7-8-20(19)26(14)22(29)15-3-5-16(23)6-4-15/h3-8,11,13H,9-10,12H2,1-2H3,(H,24,27)(H,25,28). The van der Waals surface area contributed by atoms with E-state index in [9.17, 15) is 14.4 Å². The van der Waals surface area contributed by atoms with Crippen LogP contribution in [0.2, 0.25) is 5.02 Å². The summed E-state index contributed by atoms with van der Waals surface area (Å²) in [7, 11) is 1.57. The Hall–Kier alpha value is -3.32. The third-order valence-corrected chi connectivity index (χ3v) is 5.10. The van der Waals surface area contributed by atoms with Crippen LogP contribution in [0, 0.1) is 6.92 Å². The van der Waals surface area contributed by atoms with Crippen molar-refractivity contribution in [2.45, 2.75) is 13.3 Å². The topological polar surface area (TPSA) is 89.4 Å². The maximum absolute atomic E-state index is 13.2. The Labute approximate surface area is 179 Å². The van der Waals surface area contributed by atoms with Gasteiger partial charge in [0, 0.05) is 34.8 Å². The van der Waals surface area contributed by atoms with Crippen molar-refractivity contribution < 1.29 is 19.1 Å². The number of benzene rings is 2. The summed E-state index contributed by atoms with van der Waals surface area (Å²) in [5.41, 5.74) is 2.61. The van der Waals surface area contributed by atoms with Gasteiger partial charge in [-0.15, -0.1) is 0 Å². The van der Waals surface area contributed by atoms with Gasteiger partial charge in [-0.1, -0.05) is 11.6 Å². The van der Waals surface area contributed by atoms with Gasteiger partial charge in [0.1, 0.15) is 5.75 Å². The van der Waals surface area contributed by atoms with Crippen LogP contribution in [0.1, 0.15) is 21.6 Å². The molecule has 30 heavy (non-hydrogen) atoms. The number of hydrogen-bond acceptors (Lipinski definition) is 4. The molecule has 0 atom stereocenters. The number of nitrogens with one attached hydrogen (secondary N) is 2. The smallest absolute Gasteiger partial charge is 0.262 e. The molecule has 1 aromatic heterocycles. The summed E-state index contributed by atoms with van der Waals surface area (Å²) in [5.74, 6) is 0.225. The first kappa shape index (κ1) is 21.4. The highest BCUT2D eigenvalue weighted by atomic mass is 35.5. The van der Waals surface area contributed by atoms with Gasteiger partial charge < -0.3 is 15.4 Å². The summed E-state index contributed by atoms with van der Waals surface area (Å²) in [6.07, 6.45) is 0.677. The van der Waals surface area contributed by atoms with Crippen LogP contribution in [-0.2, 0) is 16.0 Å². The zero-order chi connectivity index (χ0) is 21.7. The number of carbonyl (C=O) groups is 3. The van der Waals surface area contributed by atoms with E-state index in [1.54, 1.807) is 42.0 Å². The number of aromatic nitrogens is 1. The molecule has 0 fully saturated rings. The van der Waals surface area contributed by atoms with Crippen molar-refractivity contribution in [3.63, 3.8) is 0 Å². The highest BCUT2D eigenvalue weighted by molar-refractivity contribution is 6.30. The van der Waals surface area contributed by atoms with Crippen LogP contribution < -0.4 is 15.4 Å². The largest absolute Gasteiger partial charge is 0.497 e. The molecular weight excluding hydrogens is 406 g/mol. The van der Waals surface area contributed by atoms with E-state index in [1.807, 2.05) is 19.1 Å². The van der Waals surface area contributed by atoms with Gasteiger partial charge in [0.05, 0.1) is 19.0 Å². The Kier molecular flexibility index (Phi) is 6.74. The lowest BCUT2D eigenvalue weighted by Gasteiger charge is -2.08. The van der Waals surface area contributed by atoms with Crippen LogP contribution in [0.5, 0.6) is 5.75 Å². The molecule has 8 heteroatoms. The van der Waals surface area contributed by atoms with Crippen LogP contribution in [0.25, 0.3) is 10.9 Å². The summed E-state index contributed by atoms with van der Waals surface area (Å²) >= 11 is 5.94. The first-order valence-electron chi connectivity index (χ1n) is 9.38. The summed E-state index contributed by atoms with van der Waals surface area (Å²) in [5, 5.41) is 6.58. The van der Waals surface area contributed by atoms with Crippen LogP contribution in [0.4, 0.5) is 0 Å². The molecule has 7 nitrogen and oxygen atoms in total. The maximum Gasteiger partial charge on any atom is 0.262 e. The average Bonchev–Trinajstić information content (AvgIpc) is 3.02. The van der Waals surface area contributed by atoms with Gasteiger partial charge in [-0.2, -0.15) is 0 Å². The van der Waals surface area contributed by atoms with Crippen LogP contribution >= 0.6 is 11.6 Å². The summed E-state index contributed by atoms with van der Waals surface area (Å²) in [4.78, 5) is 36.0. The summed E-state index contributed by atoms with van der Waals surface area (Å²) in [6, 6.07) is 12.1. The Morgan fingerprint density at radius 2 is 1.87 bits per heavy atom. The average molecular weight is 428 g/mol. The second kappa shape index (κ2) is 9.45. The second-order valence-corrected chi connectivity index (χ2v) is 7.13. The molecule has 1 heterocycles. The molecular formula is C22H22ClN3O4. The van der Waals surface area contributed by atoms with Crippen molar-refractivity contribution >= 4 is 40.7 Å². The monoisotopic (exact) mass is 427 g/mol. The van der Waals surface area contributed by atoms with Crippen molar-refractivity contribution in [1.29, 1.82) is 0 Å². The van der Waals surface area contributed by atoms with Crippen molar-refractivity contribution in [1.82, 2.24) is 15.2 Å². The molecule has 0 aliphatic carbocycles. The minimum atomic E-state index is -0.207. The van der Waals surface area contributed by atoms with E-state index in [0.717, 1.165) is 10.9 Å². The zero-order valence-corrected chi connectivity index (χ0v) is 17.5. The van der Waals surface area contributed by atoms with Gasteiger partial charge in [0.25, 0.3) is 5.91 Å². The van der Waals surface area contributed by atoms with Gasteiger partial charge in [-0.3, -0.25) is 19.0 Å². The fraction of sp³-hybridized carbons (Fsp3) is 0.227. The molecule has 156 valence electrons. The number of halogens is 1. The molecule has 0 unspecified atom stereocenters. The normalized spacial score (nSPS) is 10.6. The van der Waals surface area contributed by atoms with E-state index < -0.39 is 0 Å². The first-order chi connectivity index (χ1) is 14.5. The predicted molar refractivity (Wildman–Crippen MR) is 115 cm³/mol. The lowest BCUT2D eigenvalue weighted by Crippen LogP contribution is -2.32. The molecule has 0 aliphatic heterocycles. The molecule has 2 N–H and O–H groups in total. The van der Waals surface area contributed by atoms with E-state index in [-0.39, 0.29) is 18.2 Å². The maximum atomic E-state index is 13.2. The van der Waals surface area contributed by atoms with Crippen LogP contribution in [-0.4, -0.2) is 43.0 Å². The van der Waals surface area contributed by atoms with Crippen molar-refractivity contribution in [3.8, 4) is 5.75 Å². The third-order valence-electron chi connectivity index (χ3n) is 4.85. The Morgan fingerprint density at radius 3 is 2.53 bits per heavy atom. The van der Waals surface area contributed by atoms with Gasteiger partial charge in [-0.25, -0.2) is 0 Å². The van der Waals surface area contributed by atoms with Gasteiger partial charge in [0.2, 0.25) is 12.3 Å². The molecule has 0 spiro atoms. The number of rotatable bonds is 8. The number of ether oxygens (including phenoxy) is 1. The van der Waals surface area contributed by atoms with Crippen molar-refractivity contribution in [2.24, 2.45) is 0 Å². The van der Waals surface area contributed by atoms with Gasteiger partial charge in [0.15, 0.2) is 0 Å². The molecule has 0 saturated heterocycles. The number of carbonyl (C=O) groups excluding carboxylic acids is 3. The minimum absolute atomic E-state index is 0.0947. The van der Waals surface area contributed by atoms with E-state index in [0.29, 0.717) is 47.0 Å². The lowest BCUT2D eigenvalue weighted by molar-refractivity contribution is -0.120. The van der Waals surface area contributed by atoms with E-state index in [4.69, 9.17) is 16.3 Å². The first-order valence-corrected chi connectivity index (χ1v) is 9.76. The third kappa shape index (κ3) is 4.46. The molecule has 0 bridgehead atoms. The zero-order valence-electron chi connectivity index (χ0n) is 16.7. The molecule has 3 rings (SSSR count). The van der Waals surface area contributed by atoms with Crippen molar-refractivity contribution in [3.05, 3.63) is 64.3 Å². The molecule has 0 aliphatic rings. The molecule has 2 amide bonds. The van der Waals surface area contributed by atoms with E-state index in [1.165, 1.54) is 0 Å². The SMILES string of the molecule is COc1ccc2c(c1)c(CC(=O)NCCNC=O)c(C)n2C(=O)c1ccc(Cl)cc1. The number of nitrogens with zero attached hydrogens (tertiary/aromatic N) is 1. The quantitative estimate of drug-likeness (QED) is 0.427. The lowest BCUT2D eigenvalue weighted by atomic mass is 10.1. The van der Waals surface area contributed by atoms with Gasteiger partial charge >= 0.3 is 0 Å². The number of hydrogen-bond donors (Lipinski definition) is 2. The molecule has 0 saturated carbocycles. The fourth-order valence-corrected chi connectivity index (χ4v) is 3.48. The Balaban J connectivity index is 2.00.